The van der Waals surface area contributed by atoms with Crippen molar-refractivity contribution in [2.45, 2.75) is 11.4 Å². The van der Waals surface area contributed by atoms with Crippen LogP contribution in [0.5, 0.6) is 0 Å². The molecule has 2 rings (SSSR count). The van der Waals surface area contributed by atoms with Crippen molar-refractivity contribution in [1.29, 1.82) is 0 Å². The predicted octanol–water partition coefficient (Wildman–Crippen LogP) is 3.40. The standard InChI is InChI=1S/C14H14Cl2N2O2S/c1-18(9-10-7-12(17)5-6-14(10)16)21(19,20)13-4-2-3-11(15)8-13/h2-8H,9,17H2,1H3. The van der Waals surface area contributed by atoms with Crippen molar-refractivity contribution >= 4 is 38.9 Å². The van der Waals surface area contributed by atoms with Crippen LogP contribution in [0.25, 0.3) is 0 Å². The summed E-state index contributed by atoms with van der Waals surface area (Å²) in [5.74, 6) is 0. The lowest BCUT2D eigenvalue weighted by molar-refractivity contribution is 0.467. The summed E-state index contributed by atoms with van der Waals surface area (Å²) >= 11 is 11.9. The third-order valence-electron chi connectivity index (χ3n) is 2.97. The van der Waals surface area contributed by atoms with Crippen LogP contribution >= 0.6 is 23.2 Å². The van der Waals surface area contributed by atoms with Gasteiger partial charge in [0.15, 0.2) is 0 Å². The van der Waals surface area contributed by atoms with Crippen LogP contribution in [0.3, 0.4) is 0 Å². The summed E-state index contributed by atoms with van der Waals surface area (Å²) in [5.41, 5.74) is 6.87. The summed E-state index contributed by atoms with van der Waals surface area (Å²) in [5, 5.41) is 0.837. The van der Waals surface area contributed by atoms with E-state index in [4.69, 9.17) is 28.9 Å². The maximum atomic E-state index is 12.5. The number of anilines is 1. The smallest absolute Gasteiger partial charge is 0.243 e. The Kier molecular flexibility index (Phi) is 4.78. The van der Waals surface area contributed by atoms with E-state index in [1.165, 1.54) is 23.5 Å². The number of halogens is 2. The SMILES string of the molecule is CN(Cc1cc(N)ccc1Cl)S(=O)(=O)c1cccc(Cl)c1. The zero-order valence-corrected chi connectivity index (χ0v) is 13.6. The highest BCUT2D eigenvalue weighted by Crippen LogP contribution is 2.24. The van der Waals surface area contributed by atoms with Gasteiger partial charge in [0.05, 0.1) is 4.90 Å². The second-order valence-corrected chi connectivity index (χ2v) is 7.46. The average molecular weight is 345 g/mol. The first kappa shape index (κ1) is 16.1. The van der Waals surface area contributed by atoms with Gasteiger partial charge in [-0.15, -0.1) is 0 Å². The van der Waals surface area contributed by atoms with Crippen LogP contribution in [0.1, 0.15) is 5.56 Å². The summed E-state index contributed by atoms with van der Waals surface area (Å²) in [6.45, 7) is 0.124. The van der Waals surface area contributed by atoms with Crippen LogP contribution in [-0.2, 0) is 16.6 Å². The zero-order chi connectivity index (χ0) is 15.6. The number of hydrogen-bond donors (Lipinski definition) is 1. The van der Waals surface area contributed by atoms with E-state index in [0.29, 0.717) is 21.3 Å². The molecule has 0 saturated carbocycles. The Morgan fingerprint density at radius 1 is 1.14 bits per heavy atom. The van der Waals surface area contributed by atoms with Crippen molar-refractivity contribution in [3.8, 4) is 0 Å². The lowest BCUT2D eigenvalue weighted by Crippen LogP contribution is -2.26. The van der Waals surface area contributed by atoms with Gasteiger partial charge in [0.2, 0.25) is 10.0 Å². The molecule has 0 heterocycles. The van der Waals surface area contributed by atoms with E-state index in [2.05, 4.69) is 0 Å². The molecule has 2 aromatic carbocycles. The first-order chi connectivity index (χ1) is 9.80. The number of nitrogens with zero attached hydrogens (tertiary/aromatic N) is 1. The van der Waals surface area contributed by atoms with Crippen molar-refractivity contribution in [1.82, 2.24) is 4.31 Å². The van der Waals surface area contributed by atoms with Crippen molar-refractivity contribution in [2.75, 3.05) is 12.8 Å². The zero-order valence-electron chi connectivity index (χ0n) is 11.3. The number of hydrogen-bond acceptors (Lipinski definition) is 3. The average Bonchev–Trinajstić information content (AvgIpc) is 2.42. The van der Waals surface area contributed by atoms with E-state index in [1.54, 1.807) is 30.3 Å². The molecule has 2 N–H and O–H groups in total. The van der Waals surface area contributed by atoms with Crippen LogP contribution in [0, 0.1) is 0 Å². The minimum Gasteiger partial charge on any atom is -0.399 e. The fourth-order valence-electron chi connectivity index (χ4n) is 1.85. The number of nitrogen functional groups attached to an aromatic ring is 1. The number of benzene rings is 2. The fourth-order valence-corrected chi connectivity index (χ4v) is 3.48. The highest BCUT2D eigenvalue weighted by atomic mass is 35.5. The summed E-state index contributed by atoms with van der Waals surface area (Å²) in [6, 6.07) is 11.1. The topological polar surface area (TPSA) is 63.4 Å². The predicted molar refractivity (Wildman–Crippen MR) is 86.0 cm³/mol. The van der Waals surface area contributed by atoms with Crippen LogP contribution < -0.4 is 5.73 Å². The third kappa shape index (κ3) is 3.68. The van der Waals surface area contributed by atoms with Crippen LogP contribution in [0.2, 0.25) is 10.0 Å². The molecular formula is C14H14Cl2N2O2S. The highest BCUT2D eigenvalue weighted by molar-refractivity contribution is 7.89. The maximum Gasteiger partial charge on any atom is 0.243 e. The normalized spacial score (nSPS) is 11.8. The van der Waals surface area contributed by atoms with Gasteiger partial charge in [-0.25, -0.2) is 8.42 Å². The Balaban J connectivity index is 2.31. The molecule has 4 nitrogen and oxygen atoms in total. The van der Waals surface area contributed by atoms with Gasteiger partial charge in [0.25, 0.3) is 0 Å². The number of sulfonamides is 1. The minimum atomic E-state index is -3.64. The summed E-state index contributed by atoms with van der Waals surface area (Å²) in [4.78, 5) is 0.137. The van der Waals surface area contributed by atoms with Crippen LogP contribution in [0.15, 0.2) is 47.4 Å². The molecule has 0 aliphatic heterocycles. The Bertz CT molecular complexity index is 763. The molecule has 0 spiro atoms. The summed E-state index contributed by atoms with van der Waals surface area (Å²) in [7, 11) is -2.16. The van der Waals surface area contributed by atoms with E-state index >= 15 is 0 Å². The van der Waals surface area contributed by atoms with Gasteiger partial charge < -0.3 is 5.73 Å². The number of rotatable bonds is 4. The summed E-state index contributed by atoms with van der Waals surface area (Å²) < 4.78 is 26.2. The molecule has 0 fully saturated rings. The second kappa shape index (κ2) is 6.23. The van der Waals surface area contributed by atoms with Gasteiger partial charge in [-0.2, -0.15) is 4.31 Å². The Morgan fingerprint density at radius 2 is 1.86 bits per heavy atom. The first-order valence-corrected chi connectivity index (χ1v) is 8.26. The molecule has 0 bridgehead atoms. The maximum absolute atomic E-state index is 12.5. The van der Waals surface area contributed by atoms with Gasteiger partial charge >= 0.3 is 0 Å². The third-order valence-corrected chi connectivity index (χ3v) is 5.37. The minimum absolute atomic E-state index is 0.124. The monoisotopic (exact) mass is 344 g/mol. The van der Waals surface area contributed by atoms with Gasteiger partial charge in [0, 0.05) is 29.3 Å². The quantitative estimate of drug-likeness (QED) is 0.864. The molecule has 7 heteroatoms. The number of nitrogens with two attached hydrogens (primary N) is 1. The van der Waals surface area contributed by atoms with Crippen LogP contribution in [0.4, 0.5) is 5.69 Å². The van der Waals surface area contributed by atoms with Crippen molar-refractivity contribution in [3.63, 3.8) is 0 Å². The van der Waals surface area contributed by atoms with Gasteiger partial charge in [-0.1, -0.05) is 29.3 Å². The van der Waals surface area contributed by atoms with Crippen LogP contribution in [-0.4, -0.2) is 19.8 Å². The van der Waals surface area contributed by atoms with Gasteiger partial charge in [-0.3, -0.25) is 0 Å². The van der Waals surface area contributed by atoms with E-state index < -0.39 is 10.0 Å². The van der Waals surface area contributed by atoms with E-state index in [9.17, 15) is 8.42 Å². The van der Waals surface area contributed by atoms with E-state index in [-0.39, 0.29) is 11.4 Å². The molecule has 0 aliphatic rings. The molecule has 0 radical (unpaired) electrons. The summed E-state index contributed by atoms with van der Waals surface area (Å²) in [6.07, 6.45) is 0. The molecule has 112 valence electrons. The molecule has 2 aromatic rings. The molecule has 0 aromatic heterocycles. The fraction of sp³-hybridized carbons (Fsp3) is 0.143. The van der Waals surface area contributed by atoms with Crippen molar-refractivity contribution < 1.29 is 8.42 Å². The molecule has 21 heavy (non-hydrogen) atoms. The molecular weight excluding hydrogens is 331 g/mol. The molecule has 0 amide bonds. The Hall–Kier alpha value is -1.27. The Labute approximate surface area is 134 Å². The Morgan fingerprint density at radius 3 is 2.52 bits per heavy atom. The van der Waals surface area contributed by atoms with E-state index in [0.717, 1.165) is 0 Å². The second-order valence-electron chi connectivity index (χ2n) is 4.57. The lowest BCUT2D eigenvalue weighted by Gasteiger charge is -2.18. The largest absolute Gasteiger partial charge is 0.399 e. The first-order valence-electron chi connectivity index (χ1n) is 6.06. The van der Waals surface area contributed by atoms with Crippen molar-refractivity contribution in [3.05, 3.63) is 58.1 Å². The highest BCUT2D eigenvalue weighted by Gasteiger charge is 2.21. The van der Waals surface area contributed by atoms with E-state index in [1.807, 2.05) is 0 Å². The van der Waals surface area contributed by atoms with Gasteiger partial charge in [-0.05, 0) is 42.0 Å². The molecule has 0 unspecified atom stereocenters. The van der Waals surface area contributed by atoms with Gasteiger partial charge in [0.1, 0.15) is 0 Å². The lowest BCUT2D eigenvalue weighted by atomic mass is 10.2. The molecule has 0 saturated heterocycles. The molecule has 0 atom stereocenters. The molecule has 0 aliphatic carbocycles. The van der Waals surface area contributed by atoms with Crippen molar-refractivity contribution in [2.24, 2.45) is 0 Å².